The molecule has 2 aromatic rings. The van der Waals surface area contributed by atoms with Crippen molar-refractivity contribution in [2.45, 2.75) is 6.04 Å². The minimum absolute atomic E-state index is 0.0481. The fourth-order valence-corrected chi connectivity index (χ4v) is 1.60. The molecule has 17 heavy (non-hydrogen) atoms. The Morgan fingerprint density at radius 2 is 2.00 bits per heavy atom. The lowest BCUT2D eigenvalue weighted by atomic mass is 10.1. The van der Waals surface area contributed by atoms with E-state index in [1.165, 1.54) is 0 Å². The van der Waals surface area contributed by atoms with E-state index in [4.69, 9.17) is 10.8 Å². The molecular formula is C10H7F3N2O2. The molecule has 0 bridgehead atoms. The second-order valence-electron chi connectivity index (χ2n) is 3.47. The van der Waals surface area contributed by atoms with Crippen LogP contribution in [0.2, 0.25) is 0 Å². The maximum absolute atomic E-state index is 13.5. The maximum atomic E-state index is 13.5. The lowest BCUT2D eigenvalue weighted by molar-refractivity contribution is -0.138. The number of aliphatic carboxylic acids is 1. The Kier molecular flexibility index (Phi) is 2.55. The topological polar surface area (TPSA) is 79.1 Å². The molecule has 4 nitrogen and oxygen atoms in total. The van der Waals surface area contributed by atoms with E-state index < -0.39 is 29.5 Å². The van der Waals surface area contributed by atoms with Crippen molar-refractivity contribution < 1.29 is 23.1 Å². The lowest BCUT2D eigenvalue weighted by Crippen LogP contribution is -2.20. The summed E-state index contributed by atoms with van der Waals surface area (Å²) in [5.74, 6) is -5.86. The monoisotopic (exact) mass is 244 g/mol. The van der Waals surface area contributed by atoms with Crippen LogP contribution in [-0.4, -0.2) is 16.1 Å². The molecule has 1 aromatic heterocycles. The predicted octanol–water partition coefficient (Wildman–Crippen LogP) is 1.67. The van der Waals surface area contributed by atoms with E-state index in [-0.39, 0.29) is 16.5 Å². The zero-order valence-corrected chi connectivity index (χ0v) is 8.30. The third-order valence-corrected chi connectivity index (χ3v) is 2.44. The van der Waals surface area contributed by atoms with Crippen LogP contribution in [0.25, 0.3) is 10.9 Å². The number of carboxylic acid groups (broad SMARTS) is 1. The number of hydrogen-bond acceptors (Lipinski definition) is 2. The highest BCUT2D eigenvalue weighted by molar-refractivity contribution is 5.89. The minimum atomic E-state index is -1.66. The van der Waals surface area contributed by atoms with Gasteiger partial charge < -0.3 is 15.8 Å². The van der Waals surface area contributed by atoms with Gasteiger partial charge in [0.15, 0.2) is 17.5 Å². The number of aromatic amines is 1. The van der Waals surface area contributed by atoms with Crippen LogP contribution >= 0.6 is 0 Å². The van der Waals surface area contributed by atoms with Crippen molar-refractivity contribution in [2.24, 2.45) is 5.73 Å². The van der Waals surface area contributed by atoms with E-state index in [1.54, 1.807) is 0 Å². The molecule has 1 heterocycles. The van der Waals surface area contributed by atoms with Crippen molar-refractivity contribution in [1.82, 2.24) is 4.98 Å². The molecule has 7 heteroatoms. The summed E-state index contributed by atoms with van der Waals surface area (Å²) in [6.45, 7) is 0. The van der Waals surface area contributed by atoms with Crippen molar-refractivity contribution in [1.29, 1.82) is 0 Å². The quantitative estimate of drug-likeness (QED) is 0.703. The highest BCUT2D eigenvalue weighted by atomic mass is 19.2. The number of benzene rings is 1. The number of rotatable bonds is 2. The third kappa shape index (κ3) is 1.64. The normalized spacial score (nSPS) is 12.9. The van der Waals surface area contributed by atoms with Crippen LogP contribution < -0.4 is 5.73 Å². The first kappa shape index (κ1) is 11.5. The number of aromatic nitrogens is 1. The molecule has 1 aromatic carbocycles. The largest absolute Gasteiger partial charge is 0.480 e. The number of fused-ring (bicyclic) bond motifs is 1. The standard InChI is InChI=1S/C10H7F3N2O2/c11-4-1-5-6(8(13)7(4)12)3(2-15-5)9(14)10(16)17/h1-2,9,15H,14H2,(H,16,17). The first-order valence-corrected chi connectivity index (χ1v) is 4.56. The van der Waals surface area contributed by atoms with Crippen LogP contribution in [0.1, 0.15) is 11.6 Å². The van der Waals surface area contributed by atoms with Crippen LogP contribution in [0, 0.1) is 17.5 Å². The van der Waals surface area contributed by atoms with Crippen LogP contribution in [0.4, 0.5) is 13.2 Å². The summed E-state index contributed by atoms with van der Waals surface area (Å²) in [5.41, 5.74) is 5.12. The van der Waals surface area contributed by atoms with Gasteiger partial charge in [-0.1, -0.05) is 0 Å². The number of carbonyl (C=O) groups is 1. The van der Waals surface area contributed by atoms with Gasteiger partial charge in [-0.05, 0) is 0 Å². The summed E-state index contributed by atoms with van der Waals surface area (Å²) in [6, 6.07) is -0.769. The van der Waals surface area contributed by atoms with Crippen LogP contribution in [0.15, 0.2) is 12.3 Å². The fraction of sp³-hybridized carbons (Fsp3) is 0.100. The average Bonchev–Trinajstić information content (AvgIpc) is 2.68. The van der Waals surface area contributed by atoms with Crippen molar-refractivity contribution in [3.05, 3.63) is 35.3 Å². The molecule has 0 spiro atoms. The second kappa shape index (κ2) is 3.77. The molecule has 0 saturated heterocycles. The number of carboxylic acids is 1. The smallest absolute Gasteiger partial charge is 0.325 e. The van der Waals surface area contributed by atoms with Crippen molar-refractivity contribution >= 4 is 16.9 Å². The summed E-state index contributed by atoms with van der Waals surface area (Å²) >= 11 is 0. The van der Waals surface area contributed by atoms with Gasteiger partial charge in [-0.15, -0.1) is 0 Å². The van der Waals surface area contributed by atoms with Gasteiger partial charge in [0.25, 0.3) is 0 Å². The summed E-state index contributed by atoms with van der Waals surface area (Å²) in [4.78, 5) is 13.1. The van der Waals surface area contributed by atoms with Gasteiger partial charge in [-0.2, -0.15) is 0 Å². The van der Waals surface area contributed by atoms with E-state index in [0.29, 0.717) is 0 Å². The fourth-order valence-electron chi connectivity index (χ4n) is 1.60. The number of nitrogens with one attached hydrogen (secondary N) is 1. The first-order valence-electron chi connectivity index (χ1n) is 4.56. The van der Waals surface area contributed by atoms with E-state index in [1.807, 2.05) is 0 Å². The third-order valence-electron chi connectivity index (χ3n) is 2.44. The van der Waals surface area contributed by atoms with E-state index in [2.05, 4.69) is 4.98 Å². The Labute approximate surface area is 92.8 Å². The molecule has 0 aliphatic rings. The highest BCUT2D eigenvalue weighted by Gasteiger charge is 2.23. The van der Waals surface area contributed by atoms with E-state index >= 15 is 0 Å². The second-order valence-corrected chi connectivity index (χ2v) is 3.47. The molecule has 1 unspecified atom stereocenters. The molecule has 4 N–H and O–H groups in total. The van der Waals surface area contributed by atoms with E-state index in [0.717, 1.165) is 12.3 Å². The first-order chi connectivity index (χ1) is 7.93. The molecule has 0 radical (unpaired) electrons. The molecule has 0 saturated carbocycles. The van der Waals surface area contributed by atoms with Crippen LogP contribution in [-0.2, 0) is 4.79 Å². The molecule has 2 rings (SSSR count). The summed E-state index contributed by atoms with van der Waals surface area (Å²) in [5, 5.41) is 8.35. The predicted molar refractivity (Wildman–Crippen MR) is 52.7 cm³/mol. The van der Waals surface area contributed by atoms with Crippen LogP contribution in [0.5, 0.6) is 0 Å². The number of H-pyrrole nitrogens is 1. The summed E-state index contributed by atoms with van der Waals surface area (Å²) in [6.07, 6.45) is 1.12. The zero-order valence-electron chi connectivity index (χ0n) is 8.30. The average molecular weight is 244 g/mol. The van der Waals surface area contributed by atoms with Gasteiger partial charge in [0.05, 0.1) is 5.52 Å². The van der Waals surface area contributed by atoms with Gasteiger partial charge in [0.2, 0.25) is 0 Å². The molecule has 0 aliphatic heterocycles. The minimum Gasteiger partial charge on any atom is -0.480 e. The van der Waals surface area contributed by atoms with Gasteiger partial charge in [0.1, 0.15) is 6.04 Å². The molecule has 0 aliphatic carbocycles. The summed E-state index contributed by atoms with van der Waals surface area (Å²) in [7, 11) is 0. The molecule has 1 atom stereocenters. The van der Waals surface area contributed by atoms with Crippen molar-refractivity contribution in [2.75, 3.05) is 0 Å². The van der Waals surface area contributed by atoms with Gasteiger partial charge >= 0.3 is 5.97 Å². The Morgan fingerprint density at radius 1 is 1.35 bits per heavy atom. The van der Waals surface area contributed by atoms with Gasteiger partial charge in [-0.25, -0.2) is 13.2 Å². The Morgan fingerprint density at radius 3 is 2.59 bits per heavy atom. The molecule has 90 valence electrons. The number of halogens is 3. The molecule has 0 fully saturated rings. The summed E-state index contributed by atoms with van der Waals surface area (Å²) < 4.78 is 39.4. The maximum Gasteiger partial charge on any atom is 0.325 e. The number of nitrogens with two attached hydrogens (primary N) is 1. The Bertz CT molecular complexity index is 609. The Balaban J connectivity index is 2.76. The lowest BCUT2D eigenvalue weighted by Gasteiger charge is -2.05. The molecular weight excluding hydrogens is 237 g/mol. The van der Waals surface area contributed by atoms with Gasteiger partial charge in [-0.3, -0.25) is 4.79 Å². The Hall–Kier alpha value is -2.02. The van der Waals surface area contributed by atoms with Crippen molar-refractivity contribution in [3.8, 4) is 0 Å². The SMILES string of the molecule is NC(C(=O)O)c1c[nH]c2cc(F)c(F)c(F)c12. The number of hydrogen-bond donors (Lipinski definition) is 3. The zero-order chi connectivity index (χ0) is 12.7. The molecule has 0 amide bonds. The highest BCUT2D eigenvalue weighted by Crippen LogP contribution is 2.28. The van der Waals surface area contributed by atoms with Crippen molar-refractivity contribution in [3.63, 3.8) is 0 Å². The van der Waals surface area contributed by atoms with E-state index in [9.17, 15) is 18.0 Å². The van der Waals surface area contributed by atoms with Crippen LogP contribution in [0.3, 0.4) is 0 Å². The van der Waals surface area contributed by atoms with Gasteiger partial charge in [0, 0.05) is 23.2 Å².